The van der Waals surface area contributed by atoms with Crippen molar-refractivity contribution in [2.24, 2.45) is 5.92 Å². The van der Waals surface area contributed by atoms with Crippen molar-refractivity contribution in [3.63, 3.8) is 0 Å². The van der Waals surface area contributed by atoms with E-state index < -0.39 is 0 Å². The molecular weight excluding hydrogens is 236 g/mol. The molecule has 0 aliphatic heterocycles. The number of carbonyl (C=O) groups excluding carboxylic acids is 1. The Kier molecular flexibility index (Phi) is 13.8. The Bertz CT molecular complexity index is 201. The second-order valence-electron chi connectivity index (χ2n) is 5.79. The second-order valence-corrected chi connectivity index (χ2v) is 5.79. The van der Waals surface area contributed by atoms with E-state index in [0.717, 1.165) is 12.8 Å². The van der Waals surface area contributed by atoms with Crippen LogP contribution in [-0.4, -0.2) is 17.5 Å². The van der Waals surface area contributed by atoms with E-state index in [-0.39, 0.29) is 18.3 Å². The SMILES string of the molecule is CCCCCCCCCCCCC(CCO)C(C)=O. The number of Topliss-reactive ketones (excluding diaryl/α,β-unsaturated/α-hetero) is 1. The number of rotatable bonds is 14. The summed E-state index contributed by atoms with van der Waals surface area (Å²) in [4.78, 5) is 11.3. The molecule has 0 spiro atoms. The molecule has 1 atom stereocenters. The number of unbranched alkanes of at least 4 members (excludes halogenated alkanes) is 9. The fourth-order valence-corrected chi connectivity index (χ4v) is 2.58. The van der Waals surface area contributed by atoms with E-state index in [1.165, 1.54) is 57.8 Å². The van der Waals surface area contributed by atoms with Crippen molar-refractivity contribution in [2.75, 3.05) is 6.61 Å². The lowest BCUT2D eigenvalue weighted by Gasteiger charge is -2.11. The van der Waals surface area contributed by atoms with E-state index in [1.807, 2.05) is 0 Å². The Morgan fingerprint density at radius 1 is 0.842 bits per heavy atom. The summed E-state index contributed by atoms with van der Waals surface area (Å²) in [6.45, 7) is 4.05. The zero-order chi connectivity index (χ0) is 14.3. The van der Waals surface area contributed by atoms with Crippen molar-refractivity contribution in [1.82, 2.24) is 0 Å². The summed E-state index contributed by atoms with van der Waals surface area (Å²) < 4.78 is 0. The quantitative estimate of drug-likeness (QED) is 0.456. The molecule has 0 amide bonds. The minimum atomic E-state index is 0.0963. The van der Waals surface area contributed by atoms with Crippen LogP contribution in [0, 0.1) is 5.92 Å². The number of aliphatic hydroxyl groups is 1. The van der Waals surface area contributed by atoms with Gasteiger partial charge in [0.05, 0.1) is 0 Å². The highest BCUT2D eigenvalue weighted by molar-refractivity contribution is 5.78. The standard InChI is InChI=1S/C17H34O2/c1-3-4-5-6-7-8-9-10-11-12-13-17(14-15-18)16(2)19/h17-18H,3-15H2,1-2H3. The van der Waals surface area contributed by atoms with Crippen LogP contribution in [-0.2, 0) is 4.79 Å². The maximum atomic E-state index is 11.3. The third-order valence-corrected chi connectivity index (χ3v) is 3.96. The number of carbonyl (C=O) groups is 1. The van der Waals surface area contributed by atoms with Gasteiger partial charge >= 0.3 is 0 Å². The van der Waals surface area contributed by atoms with Gasteiger partial charge in [-0.2, -0.15) is 0 Å². The molecule has 0 aliphatic rings. The molecule has 1 unspecified atom stereocenters. The average Bonchev–Trinajstić information content (AvgIpc) is 2.39. The number of hydrogen-bond acceptors (Lipinski definition) is 2. The minimum absolute atomic E-state index is 0.0963. The predicted octanol–water partition coefficient (Wildman–Crippen LogP) is 4.89. The van der Waals surface area contributed by atoms with Gasteiger partial charge in [-0.15, -0.1) is 0 Å². The molecule has 0 bridgehead atoms. The summed E-state index contributed by atoms with van der Waals surface area (Å²) >= 11 is 0. The Hall–Kier alpha value is -0.370. The Morgan fingerprint density at radius 2 is 1.32 bits per heavy atom. The van der Waals surface area contributed by atoms with E-state index >= 15 is 0 Å². The Morgan fingerprint density at radius 3 is 1.74 bits per heavy atom. The van der Waals surface area contributed by atoms with Gasteiger partial charge in [0.15, 0.2) is 0 Å². The average molecular weight is 270 g/mol. The van der Waals surface area contributed by atoms with Crippen LogP contribution in [0.3, 0.4) is 0 Å². The molecule has 0 heterocycles. The predicted molar refractivity (Wildman–Crippen MR) is 82.3 cm³/mol. The molecule has 0 saturated carbocycles. The van der Waals surface area contributed by atoms with Gasteiger partial charge in [0.1, 0.15) is 5.78 Å². The number of aliphatic hydroxyl groups excluding tert-OH is 1. The third kappa shape index (κ3) is 12.4. The van der Waals surface area contributed by atoms with E-state index in [1.54, 1.807) is 6.92 Å². The smallest absolute Gasteiger partial charge is 0.132 e. The fourth-order valence-electron chi connectivity index (χ4n) is 2.58. The first-order valence-corrected chi connectivity index (χ1v) is 8.33. The van der Waals surface area contributed by atoms with Crippen LogP contribution in [0.25, 0.3) is 0 Å². The molecule has 19 heavy (non-hydrogen) atoms. The van der Waals surface area contributed by atoms with Crippen LogP contribution < -0.4 is 0 Å². The summed E-state index contributed by atoms with van der Waals surface area (Å²) in [6.07, 6.45) is 14.9. The van der Waals surface area contributed by atoms with E-state index in [2.05, 4.69) is 6.92 Å². The van der Waals surface area contributed by atoms with E-state index in [9.17, 15) is 4.79 Å². The normalized spacial score (nSPS) is 12.6. The fraction of sp³-hybridized carbons (Fsp3) is 0.941. The number of hydrogen-bond donors (Lipinski definition) is 1. The van der Waals surface area contributed by atoms with E-state index in [0.29, 0.717) is 6.42 Å². The Balaban J connectivity index is 3.27. The first kappa shape index (κ1) is 18.6. The monoisotopic (exact) mass is 270 g/mol. The van der Waals surface area contributed by atoms with Crippen molar-refractivity contribution in [3.05, 3.63) is 0 Å². The van der Waals surface area contributed by atoms with Gasteiger partial charge in [-0.1, -0.05) is 71.1 Å². The van der Waals surface area contributed by atoms with Gasteiger partial charge in [-0.25, -0.2) is 0 Å². The van der Waals surface area contributed by atoms with Gasteiger partial charge in [0, 0.05) is 12.5 Å². The molecule has 0 aromatic rings. The van der Waals surface area contributed by atoms with Crippen molar-refractivity contribution in [2.45, 2.75) is 90.9 Å². The highest BCUT2D eigenvalue weighted by atomic mass is 16.3. The van der Waals surface area contributed by atoms with Crippen molar-refractivity contribution in [1.29, 1.82) is 0 Å². The van der Waals surface area contributed by atoms with E-state index in [4.69, 9.17) is 5.11 Å². The zero-order valence-electron chi connectivity index (χ0n) is 13.1. The summed E-state index contributed by atoms with van der Waals surface area (Å²) in [6, 6.07) is 0. The molecule has 114 valence electrons. The highest BCUT2D eigenvalue weighted by Crippen LogP contribution is 2.16. The lowest BCUT2D eigenvalue weighted by molar-refractivity contribution is -0.121. The minimum Gasteiger partial charge on any atom is -0.396 e. The number of ketones is 1. The molecule has 0 aliphatic carbocycles. The maximum Gasteiger partial charge on any atom is 0.132 e. The molecule has 0 saturated heterocycles. The van der Waals surface area contributed by atoms with Gasteiger partial charge in [-0.3, -0.25) is 4.79 Å². The molecular formula is C17H34O2. The van der Waals surface area contributed by atoms with Crippen LogP contribution >= 0.6 is 0 Å². The third-order valence-electron chi connectivity index (χ3n) is 3.96. The lowest BCUT2D eigenvalue weighted by atomic mass is 9.94. The van der Waals surface area contributed by atoms with Crippen LogP contribution in [0.15, 0.2) is 0 Å². The molecule has 0 rings (SSSR count). The molecule has 1 N–H and O–H groups in total. The zero-order valence-corrected chi connectivity index (χ0v) is 13.1. The summed E-state index contributed by atoms with van der Waals surface area (Å²) in [5.74, 6) is 0.337. The summed E-state index contributed by atoms with van der Waals surface area (Å²) in [7, 11) is 0. The maximum absolute atomic E-state index is 11.3. The molecule has 0 fully saturated rings. The molecule has 0 aromatic heterocycles. The van der Waals surface area contributed by atoms with Crippen molar-refractivity contribution in [3.8, 4) is 0 Å². The molecule has 2 nitrogen and oxygen atoms in total. The van der Waals surface area contributed by atoms with Crippen LogP contribution in [0.1, 0.15) is 90.9 Å². The molecule has 0 radical (unpaired) electrons. The Labute approximate surface area is 120 Å². The first-order valence-electron chi connectivity index (χ1n) is 8.33. The summed E-state index contributed by atoms with van der Waals surface area (Å²) in [5.41, 5.74) is 0. The lowest BCUT2D eigenvalue weighted by Crippen LogP contribution is -2.12. The van der Waals surface area contributed by atoms with Gasteiger partial charge in [0.2, 0.25) is 0 Å². The summed E-state index contributed by atoms with van der Waals surface area (Å²) in [5, 5.41) is 8.89. The van der Waals surface area contributed by atoms with Crippen LogP contribution in [0.5, 0.6) is 0 Å². The molecule has 0 aromatic carbocycles. The van der Waals surface area contributed by atoms with Gasteiger partial charge < -0.3 is 5.11 Å². The van der Waals surface area contributed by atoms with Crippen LogP contribution in [0.2, 0.25) is 0 Å². The van der Waals surface area contributed by atoms with Gasteiger partial charge in [0.25, 0.3) is 0 Å². The van der Waals surface area contributed by atoms with Crippen molar-refractivity contribution >= 4 is 5.78 Å². The highest BCUT2D eigenvalue weighted by Gasteiger charge is 2.12. The second kappa shape index (κ2) is 14.0. The first-order chi connectivity index (χ1) is 9.22. The van der Waals surface area contributed by atoms with Gasteiger partial charge in [-0.05, 0) is 19.8 Å². The molecule has 2 heteroatoms. The van der Waals surface area contributed by atoms with Crippen molar-refractivity contribution < 1.29 is 9.90 Å². The largest absolute Gasteiger partial charge is 0.396 e. The van der Waals surface area contributed by atoms with Crippen LogP contribution in [0.4, 0.5) is 0 Å². The topological polar surface area (TPSA) is 37.3 Å².